The van der Waals surface area contributed by atoms with E-state index >= 15 is 4.39 Å². The Balaban J connectivity index is 1.59. The van der Waals surface area contributed by atoms with Crippen molar-refractivity contribution in [3.8, 4) is 0 Å². The van der Waals surface area contributed by atoms with Crippen LogP contribution in [0, 0.1) is 11.6 Å². The molecule has 230 valence electrons. The monoisotopic (exact) mass is 617 g/mol. The van der Waals surface area contributed by atoms with E-state index in [1.54, 1.807) is 20.8 Å². The number of aromatic nitrogens is 4. The maximum absolute atomic E-state index is 15.5. The summed E-state index contributed by atoms with van der Waals surface area (Å²) >= 11 is 0. The smallest absolute Gasteiger partial charge is 0.408 e. The van der Waals surface area contributed by atoms with Crippen molar-refractivity contribution in [2.24, 2.45) is 0 Å². The van der Waals surface area contributed by atoms with Crippen LogP contribution in [0.4, 0.5) is 13.6 Å². The lowest BCUT2D eigenvalue weighted by Crippen LogP contribution is -2.63. The summed E-state index contributed by atoms with van der Waals surface area (Å²) in [6.07, 6.45) is 5.58. The molecular weight excluding hydrogens is 584 g/mol. The van der Waals surface area contributed by atoms with Gasteiger partial charge in [0.05, 0.1) is 36.1 Å². The third-order valence-corrected chi connectivity index (χ3v) is 8.73. The van der Waals surface area contributed by atoms with Crippen molar-refractivity contribution in [2.75, 3.05) is 12.8 Å². The van der Waals surface area contributed by atoms with Crippen molar-refractivity contribution in [3.63, 3.8) is 0 Å². The summed E-state index contributed by atoms with van der Waals surface area (Å²) in [6, 6.07) is 0.419. The highest BCUT2D eigenvalue weighted by molar-refractivity contribution is 7.89. The van der Waals surface area contributed by atoms with Crippen LogP contribution in [0.2, 0.25) is 0 Å². The Hall–Kier alpha value is -3.98. The predicted octanol–water partition coefficient (Wildman–Crippen LogP) is 2.81. The molecule has 15 heteroatoms. The van der Waals surface area contributed by atoms with Gasteiger partial charge in [0.15, 0.2) is 0 Å². The molecule has 0 radical (unpaired) electrons. The number of rotatable bonds is 6. The topological polar surface area (TPSA) is 142 Å². The third kappa shape index (κ3) is 6.22. The van der Waals surface area contributed by atoms with Gasteiger partial charge in [0.1, 0.15) is 11.6 Å². The first-order valence-corrected chi connectivity index (χ1v) is 15.5. The van der Waals surface area contributed by atoms with Crippen LogP contribution >= 0.6 is 0 Å². The summed E-state index contributed by atoms with van der Waals surface area (Å²) < 4.78 is 55.0. The van der Waals surface area contributed by atoms with Crippen LogP contribution < -0.4 is 0 Å². The first-order valence-electron chi connectivity index (χ1n) is 13.7. The van der Waals surface area contributed by atoms with Gasteiger partial charge < -0.3 is 10.0 Å². The molecule has 3 aromatic rings. The van der Waals surface area contributed by atoms with E-state index in [2.05, 4.69) is 15.1 Å². The average Bonchev–Trinajstić information content (AvgIpc) is 3.49. The molecular formula is C28H33F2N7O5S. The normalized spacial score (nSPS) is 21.1. The van der Waals surface area contributed by atoms with Crippen LogP contribution in [-0.4, -0.2) is 89.8 Å². The number of carbonyl (C=O) groups excluding carboxylic acids is 1. The minimum absolute atomic E-state index is 0.0736. The largest absolute Gasteiger partial charge is 0.465 e. The number of halogens is 2. The molecule has 5 rings (SSSR count). The van der Waals surface area contributed by atoms with Crippen molar-refractivity contribution >= 4 is 22.0 Å². The molecule has 2 aromatic heterocycles. The second-order valence-electron chi connectivity index (χ2n) is 12.0. The fraction of sp³-hybridized carbons (Fsp3) is 0.464. The number of amides is 2. The highest BCUT2D eigenvalue weighted by Gasteiger charge is 2.49. The van der Waals surface area contributed by atoms with Crippen LogP contribution in [-0.2, 0) is 34.3 Å². The highest BCUT2D eigenvalue weighted by Crippen LogP contribution is 2.41. The van der Waals surface area contributed by atoms with Gasteiger partial charge in [-0.1, -0.05) is 0 Å². The number of nitrogens with zero attached hydrogens (tertiary/aromatic N) is 7. The lowest BCUT2D eigenvalue weighted by molar-refractivity contribution is -0.140. The minimum Gasteiger partial charge on any atom is -0.465 e. The lowest BCUT2D eigenvalue weighted by Gasteiger charge is -2.52. The number of hydrogen-bond acceptors (Lipinski definition) is 8. The Kier molecular flexibility index (Phi) is 7.98. The van der Waals surface area contributed by atoms with Crippen molar-refractivity contribution < 1.29 is 31.9 Å². The summed E-state index contributed by atoms with van der Waals surface area (Å²) in [5, 5.41) is 14.6. The number of piperidine rings is 1. The van der Waals surface area contributed by atoms with Gasteiger partial charge in [-0.3, -0.25) is 24.6 Å². The SMILES string of the molecule is CC(C)(C)N(C(=O)O)[C@H]1C[C@@H](N2Cc3cn(S(C)(=O)=O)nc3C2)CN(C(=O)Cc2cnccn2)[C@H]1c1cc(F)ccc1F. The fourth-order valence-electron chi connectivity index (χ4n) is 6.10. The Morgan fingerprint density at radius 3 is 2.51 bits per heavy atom. The molecule has 2 aliphatic heterocycles. The Morgan fingerprint density at radius 2 is 1.91 bits per heavy atom. The molecule has 3 atom stereocenters. The van der Waals surface area contributed by atoms with E-state index in [-0.39, 0.29) is 31.5 Å². The van der Waals surface area contributed by atoms with Crippen molar-refractivity contribution in [1.82, 2.24) is 33.9 Å². The van der Waals surface area contributed by atoms with E-state index in [4.69, 9.17) is 0 Å². The number of carboxylic acid groups (broad SMARTS) is 1. The minimum atomic E-state index is -3.58. The number of benzene rings is 1. The standard InChI is InChI=1S/C28H33F2N7O5S/c1-28(2,3)37(27(39)40)24-11-20(34-13-17-14-36(43(4,41)42)33-23(17)16-34)15-35(25(38)10-19-12-31-7-8-32-19)26(24)21-9-18(29)5-6-22(21)30/h5-9,12,14,20,24,26H,10-11,13,15-16H2,1-4H3,(H,39,40)/t20-,24+,26+/m1/s1. The molecule has 2 aliphatic rings. The number of likely N-dealkylation sites (tertiary alicyclic amines) is 1. The van der Waals surface area contributed by atoms with E-state index in [0.717, 1.165) is 28.5 Å². The van der Waals surface area contributed by atoms with Crippen LogP contribution in [0.3, 0.4) is 0 Å². The molecule has 1 N–H and O–H groups in total. The van der Waals surface area contributed by atoms with Gasteiger partial charge in [-0.15, -0.1) is 0 Å². The van der Waals surface area contributed by atoms with E-state index in [9.17, 15) is 27.5 Å². The maximum atomic E-state index is 15.5. The van der Waals surface area contributed by atoms with Gasteiger partial charge in [-0.25, -0.2) is 22.0 Å². The van der Waals surface area contributed by atoms with E-state index in [0.29, 0.717) is 23.5 Å². The molecule has 1 saturated heterocycles. The second kappa shape index (κ2) is 11.3. The average molecular weight is 618 g/mol. The molecule has 1 aromatic carbocycles. The molecule has 2 amide bonds. The van der Waals surface area contributed by atoms with Gasteiger partial charge in [-0.2, -0.15) is 9.19 Å². The van der Waals surface area contributed by atoms with Crippen molar-refractivity contribution in [3.05, 3.63) is 77.1 Å². The van der Waals surface area contributed by atoms with Crippen molar-refractivity contribution in [2.45, 2.75) is 70.4 Å². The lowest BCUT2D eigenvalue weighted by atomic mass is 9.83. The van der Waals surface area contributed by atoms with E-state index in [1.807, 2.05) is 4.90 Å². The zero-order valence-electron chi connectivity index (χ0n) is 24.2. The molecule has 0 bridgehead atoms. The number of carbonyl (C=O) groups is 2. The van der Waals surface area contributed by atoms with Crippen LogP contribution in [0.5, 0.6) is 0 Å². The van der Waals surface area contributed by atoms with Crippen molar-refractivity contribution in [1.29, 1.82) is 0 Å². The van der Waals surface area contributed by atoms with Crippen LogP contribution in [0.1, 0.15) is 55.7 Å². The van der Waals surface area contributed by atoms with Gasteiger partial charge in [0, 0.05) is 67.1 Å². The molecule has 4 heterocycles. The Labute approximate surface area is 248 Å². The predicted molar refractivity (Wildman–Crippen MR) is 150 cm³/mol. The summed E-state index contributed by atoms with van der Waals surface area (Å²) in [5.41, 5.74) is 0.531. The number of fused-ring (bicyclic) bond motifs is 1. The number of hydrogen-bond donors (Lipinski definition) is 1. The van der Waals surface area contributed by atoms with E-state index < -0.39 is 57.3 Å². The highest BCUT2D eigenvalue weighted by atomic mass is 32.2. The van der Waals surface area contributed by atoms with Gasteiger partial charge in [0.2, 0.25) is 5.91 Å². The molecule has 1 fully saturated rings. The van der Waals surface area contributed by atoms with E-state index in [1.165, 1.54) is 34.6 Å². The fourth-order valence-corrected chi connectivity index (χ4v) is 6.66. The Morgan fingerprint density at radius 1 is 1.16 bits per heavy atom. The first kappa shape index (κ1) is 30.5. The maximum Gasteiger partial charge on any atom is 0.408 e. The quantitative estimate of drug-likeness (QED) is 0.442. The van der Waals surface area contributed by atoms with Crippen LogP contribution in [0.25, 0.3) is 0 Å². The van der Waals surface area contributed by atoms with Gasteiger partial charge in [0.25, 0.3) is 10.0 Å². The van der Waals surface area contributed by atoms with Crippen LogP contribution in [0.15, 0.2) is 43.0 Å². The third-order valence-electron chi connectivity index (χ3n) is 7.87. The molecule has 43 heavy (non-hydrogen) atoms. The zero-order chi connectivity index (χ0) is 31.3. The first-order chi connectivity index (χ1) is 20.1. The molecule has 0 spiro atoms. The van der Waals surface area contributed by atoms with Gasteiger partial charge in [-0.05, 0) is 45.4 Å². The molecule has 0 unspecified atom stereocenters. The summed E-state index contributed by atoms with van der Waals surface area (Å²) in [5.74, 6) is -1.94. The van der Waals surface area contributed by atoms with Gasteiger partial charge >= 0.3 is 6.09 Å². The molecule has 12 nitrogen and oxygen atoms in total. The molecule has 0 saturated carbocycles. The zero-order valence-corrected chi connectivity index (χ0v) is 25.0. The summed E-state index contributed by atoms with van der Waals surface area (Å²) in [6.45, 7) is 5.77. The summed E-state index contributed by atoms with van der Waals surface area (Å²) in [4.78, 5) is 39.6. The second-order valence-corrected chi connectivity index (χ2v) is 13.8. The molecule has 0 aliphatic carbocycles. The Bertz CT molecular complexity index is 1620. The summed E-state index contributed by atoms with van der Waals surface area (Å²) in [7, 11) is -3.58.